The minimum Gasteiger partial charge on any atom is -0.355 e. The molecule has 0 saturated carbocycles. The standard InChI is InChI=1S/C29H25F2N5OS/c1-3-24(37)36-14-29(15-36)9-10-35(13-29)28-21(12-32)25(20-5-4-6-22(30)26(20)31)19-8-7-18(11-23(19)34-28)27-17(2)33-16-38-27/h3-6,11,16H,1,7-10,13-15H2,2H3. The number of pyridine rings is 1. The molecule has 0 radical (unpaired) electrons. The fraction of sp³-hybridized carbons (Fsp3) is 0.310. The van der Waals surface area contributed by atoms with E-state index < -0.39 is 11.6 Å². The molecule has 3 aromatic rings. The first-order chi connectivity index (χ1) is 18.3. The van der Waals surface area contributed by atoms with E-state index >= 15 is 4.39 Å². The average Bonchev–Trinajstić information content (AvgIpc) is 3.54. The molecule has 6 rings (SSSR count). The molecule has 1 aliphatic carbocycles. The zero-order valence-electron chi connectivity index (χ0n) is 20.9. The topological polar surface area (TPSA) is 73.1 Å². The number of hydrogen-bond acceptors (Lipinski definition) is 6. The van der Waals surface area contributed by atoms with Gasteiger partial charge in [0.1, 0.15) is 17.5 Å². The molecule has 0 unspecified atom stereocenters. The third-order valence-corrected chi connectivity index (χ3v) is 8.92. The molecule has 1 aromatic carbocycles. The Bertz CT molecular complexity index is 1560. The molecule has 2 aliphatic heterocycles. The summed E-state index contributed by atoms with van der Waals surface area (Å²) in [5.74, 6) is -1.52. The number of carbonyl (C=O) groups excluding carboxylic acids is 1. The van der Waals surface area contributed by atoms with Crippen molar-refractivity contribution in [3.8, 4) is 17.2 Å². The van der Waals surface area contributed by atoms with Crippen molar-refractivity contribution in [2.45, 2.75) is 26.2 Å². The molecule has 1 amide bonds. The van der Waals surface area contributed by atoms with Gasteiger partial charge in [0, 0.05) is 42.7 Å². The van der Waals surface area contributed by atoms with Crippen LogP contribution in [0.25, 0.3) is 22.8 Å². The molecule has 9 heteroatoms. The van der Waals surface area contributed by atoms with Gasteiger partial charge in [-0.1, -0.05) is 18.7 Å². The molecular formula is C29H25F2N5OS. The summed E-state index contributed by atoms with van der Waals surface area (Å²) >= 11 is 1.57. The lowest BCUT2D eigenvalue weighted by atomic mass is 9.79. The van der Waals surface area contributed by atoms with E-state index in [4.69, 9.17) is 4.98 Å². The molecule has 0 N–H and O–H groups in total. The van der Waals surface area contributed by atoms with Crippen LogP contribution in [-0.2, 0) is 11.2 Å². The maximum absolute atomic E-state index is 15.2. The Kier molecular flexibility index (Phi) is 5.88. The number of benzene rings is 1. The van der Waals surface area contributed by atoms with Gasteiger partial charge in [-0.15, -0.1) is 11.3 Å². The van der Waals surface area contributed by atoms with Crippen LogP contribution in [0.2, 0.25) is 0 Å². The number of likely N-dealkylation sites (tertiary alicyclic amines) is 1. The Morgan fingerprint density at radius 2 is 2.08 bits per heavy atom. The van der Waals surface area contributed by atoms with Gasteiger partial charge in [-0.2, -0.15) is 5.26 Å². The number of nitriles is 1. The van der Waals surface area contributed by atoms with Crippen molar-refractivity contribution in [1.29, 1.82) is 5.26 Å². The fourth-order valence-electron chi connectivity index (χ4n) is 6.04. The Balaban J connectivity index is 1.48. The van der Waals surface area contributed by atoms with Crippen LogP contribution in [0.3, 0.4) is 0 Å². The third kappa shape index (κ3) is 3.82. The third-order valence-electron chi connectivity index (χ3n) is 7.91. The smallest absolute Gasteiger partial charge is 0.245 e. The molecule has 38 heavy (non-hydrogen) atoms. The van der Waals surface area contributed by atoms with E-state index in [2.05, 4.69) is 22.5 Å². The number of carbonyl (C=O) groups is 1. The Hall–Kier alpha value is -3.90. The highest BCUT2D eigenvalue weighted by Gasteiger charge is 2.49. The number of halogens is 2. The van der Waals surface area contributed by atoms with E-state index in [1.54, 1.807) is 16.2 Å². The van der Waals surface area contributed by atoms with E-state index in [0.717, 1.165) is 34.2 Å². The largest absolute Gasteiger partial charge is 0.355 e. The summed E-state index contributed by atoms with van der Waals surface area (Å²) in [5, 5.41) is 10.4. The van der Waals surface area contributed by atoms with Gasteiger partial charge < -0.3 is 9.80 Å². The number of anilines is 1. The second-order valence-electron chi connectivity index (χ2n) is 10.3. The summed E-state index contributed by atoms with van der Waals surface area (Å²) in [5.41, 5.74) is 5.96. The number of thiazole rings is 1. The van der Waals surface area contributed by atoms with Gasteiger partial charge >= 0.3 is 0 Å². The monoisotopic (exact) mass is 529 g/mol. The van der Waals surface area contributed by atoms with Crippen LogP contribution in [0.4, 0.5) is 14.6 Å². The van der Waals surface area contributed by atoms with E-state index in [1.165, 1.54) is 18.2 Å². The quantitative estimate of drug-likeness (QED) is 0.425. The summed E-state index contributed by atoms with van der Waals surface area (Å²) in [6.07, 6.45) is 5.42. The van der Waals surface area contributed by atoms with Gasteiger partial charge in [0.2, 0.25) is 5.91 Å². The van der Waals surface area contributed by atoms with Gasteiger partial charge in [0.05, 0.1) is 21.8 Å². The van der Waals surface area contributed by atoms with Gasteiger partial charge in [-0.3, -0.25) is 4.79 Å². The number of allylic oxidation sites excluding steroid dienone is 1. The van der Waals surface area contributed by atoms with Gasteiger partial charge in [0.25, 0.3) is 0 Å². The predicted octanol–water partition coefficient (Wildman–Crippen LogP) is 5.37. The number of nitrogens with zero attached hydrogens (tertiary/aromatic N) is 5. The number of amides is 1. The van der Waals surface area contributed by atoms with Gasteiger partial charge in [-0.05, 0) is 55.5 Å². The summed E-state index contributed by atoms with van der Waals surface area (Å²) < 4.78 is 29.6. The molecule has 1 spiro atoms. The highest BCUT2D eigenvalue weighted by Crippen LogP contribution is 2.46. The predicted molar refractivity (Wildman–Crippen MR) is 143 cm³/mol. The lowest BCUT2D eigenvalue weighted by Crippen LogP contribution is -2.59. The second-order valence-corrected chi connectivity index (χ2v) is 11.1. The first kappa shape index (κ1) is 24.4. The zero-order valence-corrected chi connectivity index (χ0v) is 21.7. The molecule has 192 valence electrons. The zero-order chi connectivity index (χ0) is 26.6. The molecule has 2 saturated heterocycles. The van der Waals surface area contributed by atoms with E-state index in [-0.39, 0.29) is 22.4 Å². The summed E-state index contributed by atoms with van der Waals surface area (Å²) in [6.45, 7) is 8.08. The van der Waals surface area contributed by atoms with Crippen molar-refractivity contribution in [2.75, 3.05) is 31.1 Å². The first-order valence-corrected chi connectivity index (χ1v) is 13.4. The van der Waals surface area contributed by atoms with Crippen molar-refractivity contribution >= 4 is 34.7 Å². The van der Waals surface area contributed by atoms with Crippen LogP contribution >= 0.6 is 11.3 Å². The maximum atomic E-state index is 15.2. The number of fused-ring (bicyclic) bond motifs is 1. The van der Waals surface area contributed by atoms with Crippen molar-refractivity contribution in [3.63, 3.8) is 0 Å². The highest BCUT2D eigenvalue weighted by atomic mass is 32.1. The van der Waals surface area contributed by atoms with Crippen molar-refractivity contribution in [1.82, 2.24) is 14.9 Å². The van der Waals surface area contributed by atoms with E-state index in [1.807, 2.05) is 18.5 Å². The second kappa shape index (κ2) is 9.14. The first-order valence-electron chi connectivity index (χ1n) is 12.5. The van der Waals surface area contributed by atoms with Crippen molar-refractivity contribution < 1.29 is 13.6 Å². The van der Waals surface area contributed by atoms with Crippen molar-refractivity contribution in [3.05, 3.63) is 75.4 Å². The molecule has 6 nitrogen and oxygen atoms in total. The molecular weight excluding hydrogens is 504 g/mol. The van der Waals surface area contributed by atoms with Crippen LogP contribution in [-0.4, -0.2) is 47.0 Å². The molecule has 3 aliphatic rings. The summed E-state index contributed by atoms with van der Waals surface area (Å²) in [7, 11) is 0. The SMILES string of the molecule is C=CC(=O)N1CC2(CCN(c3nc4c(c(-c5cccc(F)c5F)c3C#N)CCC(c3scnc3C)=C4)C2)C1. The number of rotatable bonds is 4. The number of aromatic nitrogens is 2. The number of aryl methyl sites for hydroxylation is 1. The van der Waals surface area contributed by atoms with Crippen LogP contribution in [0.5, 0.6) is 0 Å². The average molecular weight is 530 g/mol. The normalized spacial score (nSPS) is 17.6. The minimum absolute atomic E-state index is 0.0754. The highest BCUT2D eigenvalue weighted by molar-refractivity contribution is 7.11. The Morgan fingerprint density at radius 3 is 2.79 bits per heavy atom. The number of hydrogen-bond donors (Lipinski definition) is 0. The Labute approximate surface area is 223 Å². The fourth-order valence-corrected chi connectivity index (χ4v) is 6.89. The molecule has 4 heterocycles. The summed E-state index contributed by atoms with van der Waals surface area (Å²) in [4.78, 5) is 26.3. The molecule has 2 aromatic heterocycles. The van der Waals surface area contributed by atoms with Crippen molar-refractivity contribution in [2.24, 2.45) is 5.41 Å². The molecule has 0 bridgehead atoms. The van der Waals surface area contributed by atoms with Crippen LogP contribution < -0.4 is 4.90 Å². The minimum atomic E-state index is -0.966. The maximum Gasteiger partial charge on any atom is 0.245 e. The van der Waals surface area contributed by atoms with E-state index in [9.17, 15) is 14.4 Å². The van der Waals surface area contributed by atoms with Gasteiger partial charge in [-0.25, -0.2) is 18.7 Å². The van der Waals surface area contributed by atoms with Gasteiger partial charge in [0.15, 0.2) is 11.6 Å². The van der Waals surface area contributed by atoms with Crippen LogP contribution in [0.1, 0.15) is 40.2 Å². The van der Waals surface area contributed by atoms with Crippen LogP contribution in [0.15, 0.2) is 36.4 Å². The molecule has 0 atom stereocenters. The van der Waals surface area contributed by atoms with Crippen LogP contribution in [0, 0.1) is 35.3 Å². The molecule has 2 fully saturated rings. The Morgan fingerprint density at radius 1 is 1.26 bits per heavy atom. The summed E-state index contributed by atoms with van der Waals surface area (Å²) in [6, 6.07) is 6.37. The van der Waals surface area contributed by atoms with E-state index in [0.29, 0.717) is 56.1 Å². The lowest BCUT2D eigenvalue weighted by Gasteiger charge is -2.47. The lowest BCUT2D eigenvalue weighted by molar-refractivity contribution is -0.136.